The molecule has 1 atom stereocenters. The molecule has 8 heteroatoms. The van der Waals surface area contributed by atoms with Crippen molar-refractivity contribution in [2.75, 3.05) is 0 Å². The van der Waals surface area contributed by atoms with Gasteiger partial charge in [0.2, 0.25) is 0 Å². The molecule has 0 radical (unpaired) electrons. The maximum atomic E-state index is 11.5. The molecule has 2 aliphatic rings. The van der Waals surface area contributed by atoms with E-state index < -0.39 is 19.7 Å². The van der Waals surface area contributed by atoms with Gasteiger partial charge >= 0.3 is 5.97 Å². The number of alkyl halides is 5. The van der Waals surface area contributed by atoms with Crippen LogP contribution in [0.3, 0.4) is 0 Å². The molecule has 16 heavy (non-hydrogen) atoms. The molecule has 0 N–H and O–H groups in total. The van der Waals surface area contributed by atoms with Crippen LogP contribution in [0, 0.1) is 0 Å². The van der Waals surface area contributed by atoms with Gasteiger partial charge in [-0.05, 0) is 12.2 Å². The lowest BCUT2D eigenvalue weighted by atomic mass is 9.91. The second-order valence-corrected chi connectivity index (χ2v) is 6.79. The van der Waals surface area contributed by atoms with Gasteiger partial charge in [-0.2, -0.15) is 0 Å². The Balaban J connectivity index is 2.71. The van der Waals surface area contributed by atoms with Crippen molar-refractivity contribution in [3.05, 3.63) is 22.8 Å². The number of ether oxygens (including phenoxy) is 1. The number of fused-ring (bicyclic) bond motifs is 1. The van der Waals surface area contributed by atoms with Crippen molar-refractivity contribution in [1.29, 1.82) is 0 Å². The fraction of sp³-hybridized carbons (Fsp3) is 0.375. The maximum absolute atomic E-state index is 11.5. The van der Waals surface area contributed by atoms with Crippen LogP contribution >= 0.6 is 69.6 Å². The van der Waals surface area contributed by atoms with Gasteiger partial charge in [-0.3, -0.25) is 0 Å². The van der Waals surface area contributed by atoms with Gasteiger partial charge in [-0.15, -0.1) is 11.6 Å². The highest BCUT2D eigenvalue weighted by molar-refractivity contribution is 6.66. The highest BCUT2D eigenvalue weighted by Crippen LogP contribution is 2.64. The molecule has 1 aliphatic heterocycles. The molecular weight excluding hydrogens is 341 g/mol. The summed E-state index contributed by atoms with van der Waals surface area (Å²) in [4.78, 5) is 9.64. The molecule has 1 aliphatic carbocycles. The number of allylic oxidation sites excluding steroid dienone is 3. The number of esters is 1. The normalized spacial score (nSPS) is 35.0. The Bertz CT molecular complexity index is 438. The lowest BCUT2D eigenvalue weighted by Crippen LogP contribution is -2.53. The molecule has 0 aromatic rings. The maximum Gasteiger partial charge on any atom is 0.338 e. The Morgan fingerprint density at radius 2 is 1.62 bits per heavy atom. The standard InChI is InChI=1S/C8H2Cl6O2/c9-4-2-1-3-5(15)16-8(13,14)6(3,10)7(4,11)12/h1-2H. The molecule has 2 nitrogen and oxygen atoms in total. The molecule has 0 aromatic heterocycles. The lowest BCUT2D eigenvalue weighted by molar-refractivity contribution is -0.137. The van der Waals surface area contributed by atoms with Crippen molar-refractivity contribution in [3.63, 3.8) is 0 Å². The fourth-order valence-corrected chi connectivity index (χ4v) is 3.45. The highest BCUT2D eigenvalue weighted by atomic mass is 35.5. The van der Waals surface area contributed by atoms with E-state index in [0.717, 1.165) is 0 Å². The van der Waals surface area contributed by atoms with E-state index in [4.69, 9.17) is 74.3 Å². The molecule has 0 saturated carbocycles. The summed E-state index contributed by atoms with van der Waals surface area (Å²) in [5, 5.41) is -0.00133. The van der Waals surface area contributed by atoms with Gasteiger partial charge in [0.1, 0.15) is 0 Å². The van der Waals surface area contributed by atoms with Gasteiger partial charge < -0.3 is 4.74 Å². The van der Waals surface area contributed by atoms with Gasteiger partial charge in [0, 0.05) is 0 Å². The van der Waals surface area contributed by atoms with E-state index in [1.165, 1.54) is 12.2 Å². The third-order valence-corrected chi connectivity index (χ3v) is 5.78. The zero-order valence-corrected chi connectivity index (χ0v) is 11.8. The first-order chi connectivity index (χ1) is 7.14. The number of carbonyl (C=O) groups excluding carboxylic acids is 1. The van der Waals surface area contributed by atoms with E-state index in [-0.39, 0.29) is 10.6 Å². The van der Waals surface area contributed by atoms with E-state index >= 15 is 0 Å². The van der Waals surface area contributed by atoms with Crippen LogP contribution in [-0.2, 0) is 9.53 Å². The quantitative estimate of drug-likeness (QED) is 0.493. The number of halogens is 6. The molecule has 0 spiro atoms. The number of rotatable bonds is 0. The smallest absolute Gasteiger partial charge is 0.338 e. The first-order valence-corrected chi connectivity index (χ1v) is 6.17. The molecule has 1 heterocycles. The van der Waals surface area contributed by atoms with E-state index in [1.54, 1.807) is 0 Å². The summed E-state index contributed by atoms with van der Waals surface area (Å²) in [6.45, 7) is 0. The van der Waals surface area contributed by atoms with E-state index in [1.807, 2.05) is 0 Å². The molecule has 1 saturated heterocycles. The molecule has 88 valence electrons. The van der Waals surface area contributed by atoms with Crippen LogP contribution in [-0.4, -0.2) is 19.7 Å². The summed E-state index contributed by atoms with van der Waals surface area (Å²) < 4.78 is 0.774. The highest BCUT2D eigenvalue weighted by Gasteiger charge is 2.73. The molecule has 0 aromatic carbocycles. The summed E-state index contributed by atoms with van der Waals surface area (Å²) in [6.07, 6.45) is 2.67. The Labute approximate surface area is 121 Å². The largest absolute Gasteiger partial charge is 0.423 e. The Kier molecular flexibility index (Phi) is 2.95. The summed E-state index contributed by atoms with van der Waals surface area (Å²) in [5.74, 6) is -0.786. The molecular formula is C8H2Cl6O2. The third-order valence-electron chi connectivity index (χ3n) is 2.34. The molecule has 0 amide bonds. The topological polar surface area (TPSA) is 26.3 Å². The van der Waals surface area contributed by atoms with Crippen molar-refractivity contribution in [2.24, 2.45) is 0 Å². The van der Waals surface area contributed by atoms with E-state index in [0.29, 0.717) is 0 Å². The van der Waals surface area contributed by atoms with Gasteiger partial charge in [-0.1, -0.05) is 58.0 Å². The number of hydrogen-bond acceptors (Lipinski definition) is 2. The van der Waals surface area contributed by atoms with Crippen LogP contribution in [0.25, 0.3) is 0 Å². The summed E-state index contributed by atoms with van der Waals surface area (Å²) in [7, 11) is 0. The minimum atomic E-state index is -2.09. The monoisotopic (exact) mass is 340 g/mol. The van der Waals surface area contributed by atoms with Gasteiger partial charge in [0.25, 0.3) is 4.52 Å². The number of cyclic esters (lactones) is 1. The fourth-order valence-electron chi connectivity index (χ4n) is 1.50. The van der Waals surface area contributed by atoms with E-state index in [9.17, 15) is 4.79 Å². The predicted octanol–water partition coefficient (Wildman–Crippen LogP) is 3.89. The number of carbonyl (C=O) groups is 1. The van der Waals surface area contributed by atoms with Gasteiger partial charge in [-0.25, -0.2) is 4.79 Å². The molecule has 1 unspecified atom stereocenters. The van der Waals surface area contributed by atoms with Crippen molar-refractivity contribution in [3.8, 4) is 0 Å². The minimum absolute atomic E-state index is 0.00133. The lowest BCUT2D eigenvalue weighted by Gasteiger charge is -2.39. The van der Waals surface area contributed by atoms with Crippen molar-refractivity contribution >= 4 is 75.6 Å². The summed E-state index contributed by atoms with van der Waals surface area (Å²) in [5.41, 5.74) is -0.0337. The van der Waals surface area contributed by atoms with Crippen molar-refractivity contribution in [1.82, 2.24) is 0 Å². The Morgan fingerprint density at radius 1 is 1.06 bits per heavy atom. The van der Waals surface area contributed by atoms with Crippen LogP contribution < -0.4 is 0 Å². The van der Waals surface area contributed by atoms with E-state index in [2.05, 4.69) is 0 Å². The molecule has 2 rings (SSSR count). The zero-order valence-electron chi connectivity index (χ0n) is 7.24. The van der Waals surface area contributed by atoms with Crippen LogP contribution in [0.5, 0.6) is 0 Å². The third kappa shape index (κ3) is 1.38. The van der Waals surface area contributed by atoms with Gasteiger partial charge in [0.05, 0.1) is 10.6 Å². The predicted molar refractivity (Wildman–Crippen MR) is 65.6 cm³/mol. The van der Waals surface area contributed by atoms with Gasteiger partial charge in [0.15, 0.2) is 9.21 Å². The first kappa shape index (κ1) is 13.1. The first-order valence-electron chi connectivity index (χ1n) is 3.91. The summed E-state index contributed by atoms with van der Waals surface area (Å²) >= 11 is 35.7. The Morgan fingerprint density at radius 3 is 2.19 bits per heavy atom. The SMILES string of the molecule is O=C1OC(Cl)(Cl)C2(Cl)C1=CC=C(Cl)C2(Cl)Cl. The number of hydrogen-bond donors (Lipinski definition) is 0. The average molecular weight is 343 g/mol. The van der Waals surface area contributed by atoms with Crippen LogP contribution in [0.2, 0.25) is 0 Å². The molecule has 1 fully saturated rings. The van der Waals surface area contributed by atoms with Crippen LogP contribution in [0.15, 0.2) is 22.8 Å². The second kappa shape index (κ2) is 3.59. The van der Waals surface area contributed by atoms with Crippen LogP contribution in [0.4, 0.5) is 0 Å². The van der Waals surface area contributed by atoms with Crippen molar-refractivity contribution < 1.29 is 9.53 Å². The second-order valence-electron chi connectivity index (χ2n) is 3.23. The molecule has 0 bridgehead atoms. The average Bonchev–Trinajstić information content (AvgIpc) is 2.30. The zero-order chi connectivity index (χ0) is 12.4. The van der Waals surface area contributed by atoms with Crippen LogP contribution in [0.1, 0.15) is 0 Å². The van der Waals surface area contributed by atoms with Crippen molar-refractivity contribution in [2.45, 2.75) is 13.7 Å². The minimum Gasteiger partial charge on any atom is -0.423 e. The Hall–Kier alpha value is 0.690. The summed E-state index contributed by atoms with van der Waals surface area (Å²) in [6, 6.07) is 0.